The number of thioether (sulfide) groups is 1. The van der Waals surface area contributed by atoms with E-state index < -0.39 is 19.7 Å². The van der Waals surface area contributed by atoms with Crippen LogP contribution in [0.5, 0.6) is 11.6 Å². The highest BCUT2D eigenvalue weighted by Gasteiger charge is 2.42. The zero-order chi connectivity index (χ0) is 36.3. The molecule has 264 valence electrons. The Morgan fingerprint density at radius 3 is 2.36 bits per heavy atom. The molecule has 2 aromatic carbocycles. The molecule has 1 aliphatic heterocycles. The van der Waals surface area contributed by atoms with Crippen LogP contribution in [0, 0.1) is 40.3 Å². The Bertz CT molecular complexity index is 1990. The molecule has 50 heavy (non-hydrogen) atoms. The van der Waals surface area contributed by atoms with Gasteiger partial charge < -0.3 is 19.1 Å². The number of rotatable bonds is 10. The van der Waals surface area contributed by atoms with Crippen molar-refractivity contribution >= 4 is 47.3 Å². The highest BCUT2D eigenvalue weighted by atomic mass is 32.2. The second-order valence-electron chi connectivity index (χ2n) is 13.6. The Hall–Kier alpha value is -3.97. The molecule has 4 aromatic rings. The monoisotopic (exact) mass is 717 g/mol. The largest absolute Gasteiger partial charge is 0.480 e. The number of nitrogens with zero attached hydrogens (tertiary/aromatic N) is 5. The van der Waals surface area contributed by atoms with Crippen molar-refractivity contribution in [3.8, 4) is 40.4 Å². The molecule has 0 aliphatic carbocycles. The Balaban J connectivity index is 1.87. The summed E-state index contributed by atoms with van der Waals surface area (Å²) in [7, 11) is 0.702. The summed E-state index contributed by atoms with van der Waals surface area (Å²) in [6.45, 7) is 14.3. The van der Waals surface area contributed by atoms with Crippen molar-refractivity contribution in [1.29, 1.82) is 5.26 Å². The van der Waals surface area contributed by atoms with Gasteiger partial charge in [-0.15, -0.1) is 5.54 Å². The fourth-order valence-electron chi connectivity index (χ4n) is 7.56. The number of halogens is 2. The topological polar surface area (TPSA) is 93.4 Å². The molecule has 12 heteroatoms. The fourth-order valence-corrected chi connectivity index (χ4v) is 13.1. The van der Waals surface area contributed by atoms with Crippen LogP contribution in [0.1, 0.15) is 59.9 Å². The van der Waals surface area contributed by atoms with E-state index in [2.05, 4.69) is 64.1 Å². The first-order chi connectivity index (χ1) is 23.9. The zero-order valence-corrected chi connectivity index (χ0v) is 32.1. The predicted molar refractivity (Wildman–Crippen MR) is 200 cm³/mol. The van der Waals surface area contributed by atoms with Crippen molar-refractivity contribution in [2.24, 2.45) is 5.92 Å². The Kier molecular flexibility index (Phi) is 11.6. The first-order valence-electron chi connectivity index (χ1n) is 17.0. The highest BCUT2D eigenvalue weighted by molar-refractivity contribution is 7.98. The van der Waals surface area contributed by atoms with Crippen molar-refractivity contribution in [3.63, 3.8) is 0 Å². The minimum Gasteiger partial charge on any atom is -0.480 e. The van der Waals surface area contributed by atoms with Crippen LogP contribution in [0.25, 0.3) is 32.9 Å². The van der Waals surface area contributed by atoms with Crippen LogP contribution in [-0.2, 0) is 4.74 Å². The number of methoxy groups -OCH3 is 2. The summed E-state index contributed by atoms with van der Waals surface area (Å²) in [5.74, 6) is 2.87. The van der Waals surface area contributed by atoms with Crippen LogP contribution >= 0.6 is 11.8 Å². The maximum atomic E-state index is 17.2. The SMILES string of the molecule is COCOc1cc(-c2nc(OC)c3c(N4CCCC(C#N)C4)nc(SC)nc3c2F)c2c(C#C[Si](C(C)C)(C(C)C)C(C)C)c(F)ccc2c1. The van der Waals surface area contributed by atoms with Gasteiger partial charge in [0.25, 0.3) is 0 Å². The predicted octanol–water partition coefficient (Wildman–Crippen LogP) is 9.15. The molecule has 8 nitrogen and oxygen atoms in total. The first kappa shape index (κ1) is 37.3. The molecule has 0 amide bonds. The normalized spacial score (nSPS) is 15.1. The van der Waals surface area contributed by atoms with E-state index in [4.69, 9.17) is 24.2 Å². The van der Waals surface area contributed by atoms with E-state index in [-0.39, 0.29) is 40.9 Å². The van der Waals surface area contributed by atoms with Gasteiger partial charge in [0, 0.05) is 31.1 Å². The molecule has 0 saturated carbocycles. The first-order valence-corrected chi connectivity index (χ1v) is 20.4. The van der Waals surface area contributed by atoms with Gasteiger partial charge in [-0.05, 0) is 59.3 Å². The van der Waals surface area contributed by atoms with Crippen molar-refractivity contribution in [2.75, 3.05) is 45.3 Å². The van der Waals surface area contributed by atoms with E-state index in [1.807, 2.05) is 11.2 Å². The number of aromatic nitrogens is 3. The van der Waals surface area contributed by atoms with Gasteiger partial charge in [0.1, 0.15) is 42.1 Å². The minimum atomic E-state index is -2.27. The number of ether oxygens (including phenoxy) is 3. The van der Waals surface area contributed by atoms with E-state index >= 15 is 8.78 Å². The van der Waals surface area contributed by atoms with Crippen molar-refractivity contribution in [3.05, 3.63) is 41.5 Å². The molecule has 1 fully saturated rings. The van der Waals surface area contributed by atoms with Gasteiger partial charge in [0.05, 0.1) is 24.7 Å². The molecule has 5 rings (SSSR count). The van der Waals surface area contributed by atoms with Crippen LogP contribution in [0.3, 0.4) is 0 Å². The molecular weight excluding hydrogens is 673 g/mol. The van der Waals surface area contributed by atoms with Gasteiger partial charge >= 0.3 is 0 Å². The second-order valence-corrected chi connectivity index (χ2v) is 20.0. The molecule has 1 aliphatic rings. The summed E-state index contributed by atoms with van der Waals surface area (Å²) in [6, 6.07) is 8.80. The number of fused-ring (bicyclic) bond motifs is 2. The number of pyridine rings is 1. The van der Waals surface area contributed by atoms with Gasteiger partial charge in [-0.1, -0.05) is 65.3 Å². The number of nitriles is 1. The quantitative estimate of drug-likeness (QED) is 0.0524. The van der Waals surface area contributed by atoms with E-state index in [9.17, 15) is 5.26 Å². The van der Waals surface area contributed by atoms with Crippen molar-refractivity contribution in [1.82, 2.24) is 15.0 Å². The Morgan fingerprint density at radius 2 is 1.74 bits per heavy atom. The Morgan fingerprint density at radius 1 is 1.02 bits per heavy atom. The maximum absolute atomic E-state index is 17.2. The molecule has 0 radical (unpaired) electrons. The molecule has 2 aromatic heterocycles. The van der Waals surface area contributed by atoms with Crippen LogP contribution in [0.15, 0.2) is 29.4 Å². The molecule has 0 spiro atoms. The molecule has 1 unspecified atom stereocenters. The van der Waals surface area contributed by atoms with Gasteiger partial charge in [0.15, 0.2) is 17.8 Å². The lowest BCUT2D eigenvalue weighted by atomic mass is 9.95. The average molecular weight is 718 g/mol. The fraction of sp³-hybridized carbons (Fsp3) is 0.474. The van der Waals surface area contributed by atoms with Crippen molar-refractivity contribution in [2.45, 2.75) is 76.2 Å². The molecule has 1 saturated heterocycles. The summed E-state index contributed by atoms with van der Waals surface area (Å²) < 4.78 is 50.2. The van der Waals surface area contributed by atoms with E-state index in [0.29, 0.717) is 62.6 Å². The smallest absolute Gasteiger partial charge is 0.227 e. The van der Waals surface area contributed by atoms with Gasteiger partial charge in [0.2, 0.25) is 5.88 Å². The summed E-state index contributed by atoms with van der Waals surface area (Å²) >= 11 is 1.29. The van der Waals surface area contributed by atoms with Crippen LogP contribution in [0.4, 0.5) is 14.6 Å². The highest BCUT2D eigenvalue weighted by Crippen LogP contribution is 2.44. The third kappa shape index (κ3) is 6.86. The van der Waals surface area contributed by atoms with Crippen molar-refractivity contribution < 1.29 is 23.0 Å². The summed E-state index contributed by atoms with van der Waals surface area (Å²) in [4.78, 5) is 16.1. The number of hydrogen-bond donors (Lipinski definition) is 0. The number of benzene rings is 2. The van der Waals surface area contributed by atoms with Gasteiger partial charge in [-0.3, -0.25) is 0 Å². The second kappa shape index (κ2) is 15.5. The lowest BCUT2D eigenvalue weighted by Crippen LogP contribution is -2.43. The average Bonchev–Trinajstić information content (AvgIpc) is 3.10. The Labute approximate surface area is 298 Å². The molecule has 1 atom stereocenters. The van der Waals surface area contributed by atoms with Gasteiger partial charge in [-0.2, -0.15) is 5.26 Å². The number of anilines is 1. The third-order valence-corrected chi connectivity index (χ3v) is 16.7. The summed E-state index contributed by atoms with van der Waals surface area (Å²) in [5.41, 5.74) is 5.03. The minimum absolute atomic E-state index is 0.0199. The lowest BCUT2D eigenvalue weighted by molar-refractivity contribution is 0.0512. The maximum Gasteiger partial charge on any atom is 0.227 e. The summed E-state index contributed by atoms with van der Waals surface area (Å²) in [5, 5.41) is 11.4. The summed E-state index contributed by atoms with van der Waals surface area (Å²) in [6.07, 6.45) is 3.40. The van der Waals surface area contributed by atoms with Gasteiger partial charge in [-0.25, -0.2) is 23.7 Å². The van der Waals surface area contributed by atoms with E-state index in [0.717, 1.165) is 12.8 Å². The standard InChI is InChI=1S/C38H45F2N5O3SSi/c1-22(2)50(23(3)4,24(5)6)16-14-28-30(39)13-12-26-17-27(48-21-46-7)18-29(31(26)28)34-33(40)35-32(37(42-34)47-8)36(44-38(43-35)49-9)45-15-10-11-25(19-41)20-45/h12-13,17-18,22-25H,10-11,15,20-21H2,1-9H3. The molecule has 0 N–H and O–H groups in total. The number of piperidine rings is 1. The molecule has 0 bridgehead atoms. The molecule has 3 heterocycles. The third-order valence-electron chi connectivity index (χ3n) is 9.90. The van der Waals surface area contributed by atoms with E-state index in [1.165, 1.54) is 32.0 Å². The number of hydrogen-bond acceptors (Lipinski definition) is 9. The van der Waals surface area contributed by atoms with Crippen LogP contribution in [-0.4, -0.2) is 63.4 Å². The zero-order valence-electron chi connectivity index (χ0n) is 30.3. The van der Waals surface area contributed by atoms with Crippen LogP contribution in [0.2, 0.25) is 16.6 Å². The van der Waals surface area contributed by atoms with Crippen LogP contribution < -0.4 is 14.4 Å². The van der Waals surface area contributed by atoms with E-state index in [1.54, 1.807) is 18.2 Å². The lowest BCUT2D eigenvalue weighted by Gasteiger charge is -2.38. The molecular formula is C38H45F2N5O3SSi.